The largest absolute Gasteiger partial charge is 0.497 e. The Bertz CT molecular complexity index is 943. The number of hydrogen-bond donors (Lipinski definition) is 1. The summed E-state index contributed by atoms with van der Waals surface area (Å²) in [7, 11) is 1.64. The van der Waals surface area contributed by atoms with E-state index in [-0.39, 0.29) is 11.3 Å². The third kappa shape index (κ3) is 4.74. The molecule has 5 heteroatoms. The van der Waals surface area contributed by atoms with E-state index in [2.05, 4.69) is 36.1 Å². The smallest absolute Gasteiger partial charge is 0.251 e. The van der Waals surface area contributed by atoms with E-state index in [1.807, 2.05) is 54.6 Å². The van der Waals surface area contributed by atoms with Gasteiger partial charge in [0.1, 0.15) is 12.1 Å². The van der Waals surface area contributed by atoms with Gasteiger partial charge in [-0.25, -0.2) is 9.97 Å². The van der Waals surface area contributed by atoms with Crippen LogP contribution in [0.4, 0.5) is 0 Å². The number of nitrogens with zero attached hydrogens (tertiary/aromatic N) is 2. The fourth-order valence-electron chi connectivity index (χ4n) is 2.81. The number of hydrogen-bond acceptors (Lipinski definition) is 4. The molecule has 28 heavy (non-hydrogen) atoms. The van der Waals surface area contributed by atoms with Crippen LogP contribution in [0.15, 0.2) is 60.9 Å². The van der Waals surface area contributed by atoms with Crippen LogP contribution in [-0.4, -0.2) is 23.0 Å². The van der Waals surface area contributed by atoms with Crippen LogP contribution in [-0.2, 0) is 12.0 Å². The lowest BCUT2D eigenvalue weighted by molar-refractivity contribution is 0.0950. The van der Waals surface area contributed by atoms with Gasteiger partial charge in [-0.1, -0.05) is 32.9 Å². The van der Waals surface area contributed by atoms with E-state index >= 15 is 0 Å². The predicted molar refractivity (Wildman–Crippen MR) is 110 cm³/mol. The monoisotopic (exact) mass is 375 g/mol. The molecule has 0 atom stereocenters. The highest BCUT2D eigenvalue weighted by Gasteiger charge is 2.14. The first-order valence-electron chi connectivity index (χ1n) is 9.21. The minimum absolute atomic E-state index is 0.0633. The Balaban J connectivity index is 1.66. The molecule has 0 saturated heterocycles. The van der Waals surface area contributed by atoms with Gasteiger partial charge in [-0.2, -0.15) is 0 Å². The van der Waals surface area contributed by atoms with Crippen LogP contribution in [0.1, 0.15) is 42.4 Å². The van der Waals surface area contributed by atoms with E-state index in [4.69, 9.17) is 4.74 Å². The maximum absolute atomic E-state index is 12.4. The Morgan fingerprint density at radius 3 is 2.29 bits per heavy atom. The summed E-state index contributed by atoms with van der Waals surface area (Å²) >= 11 is 0. The molecule has 0 radical (unpaired) electrons. The van der Waals surface area contributed by atoms with Gasteiger partial charge >= 0.3 is 0 Å². The van der Waals surface area contributed by atoms with Gasteiger partial charge in [-0.05, 0) is 53.4 Å². The summed E-state index contributed by atoms with van der Waals surface area (Å²) in [4.78, 5) is 21.0. The van der Waals surface area contributed by atoms with Crippen molar-refractivity contribution >= 4 is 5.91 Å². The Labute approximate surface area is 165 Å². The SMILES string of the molecule is COc1ccc(-c2cc(CNC(=O)c3ccc(C(C)(C)C)cc3)ncn2)cc1. The van der Waals surface area contributed by atoms with Crippen LogP contribution in [0.25, 0.3) is 11.3 Å². The van der Waals surface area contributed by atoms with Crippen LogP contribution in [0, 0.1) is 0 Å². The molecule has 0 spiro atoms. The third-order valence-corrected chi connectivity index (χ3v) is 4.55. The molecule has 0 unspecified atom stereocenters. The van der Waals surface area contributed by atoms with Gasteiger partial charge in [0.25, 0.3) is 5.91 Å². The summed E-state index contributed by atoms with van der Waals surface area (Å²) in [5.41, 5.74) is 4.42. The third-order valence-electron chi connectivity index (χ3n) is 4.55. The molecule has 0 bridgehead atoms. The minimum Gasteiger partial charge on any atom is -0.497 e. The van der Waals surface area contributed by atoms with Crippen molar-refractivity contribution in [1.29, 1.82) is 0 Å². The van der Waals surface area contributed by atoms with Crippen molar-refractivity contribution in [2.75, 3.05) is 7.11 Å². The fraction of sp³-hybridized carbons (Fsp3) is 0.261. The van der Waals surface area contributed by atoms with Crippen molar-refractivity contribution in [3.8, 4) is 17.0 Å². The lowest BCUT2D eigenvalue weighted by Gasteiger charge is -2.19. The minimum atomic E-state index is -0.120. The number of aromatic nitrogens is 2. The molecule has 1 amide bonds. The summed E-state index contributed by atoms with van der Waals surface area (Å²) in [5, 5.41) is 2.92. The first-order valence-corrected chi connectivity index (χ1v) is 9.21. The molecule has 3 aromatic rings. The van der Waals surface area contributed by atoms with Crippen molar-refractivity contribution in [3.63, 3.8) is 0 Å². The molecule has 1 aromatic heterocycles. The summed E-state index contributed by atoms with van der Waals surface area (Å²) in [6, 6.07) is 17.3. The van der Waals surface area contributed by atoms with Gasteiger partial charge in [0, 0.05) is 11.1 Å². The topological polar surface area (TPSA) is 64.1 Å². The second-order valence-corrected chi connectivity index (χ2v) is 7.63. The lowest BCUT2D eigenvalue weighted by atomic mass is 9.87. The summed E-state index contributed by atoms with van der Waals surface area (Å²) in [5.74, 6) is 0.674. The zero-order valence-electron chi connectivity index (χ0n) is 16.7. The Hall–Kier alpha value is -3.21. The highest BCUT2D eigenvalue weighted by molar-refractivity contribution is 5.94. The van der Waals surface area contributed by atoms with Crippen LogP contribution < -0.4 is 10.1 Å². The zero-order valence-corrected chi connectivity index (χ0v) is 16.7. The van der Waals surface area contributed by atoms with Crippen molar-refractivity contribution in [2.24, 2.45) is 0 Å². The van der Waals surface area contributed by atoms with Crippen molar-refractivity contribution in [3.05, 3.63) is 77.7 Å². The van der Waals surface area contributed by atoms with Crippen molar-refractivity contribution in [1.82, 2.24) is 15.3 Å². The fourth-order valence-corrected chi connectivity index (χ4v) is 2.81. The van der Waals surface area contributed by atoms with E-state index in [0.29, 0.717) is 12.1 Å². The molecule has 3 rings (SSSR count). The maximum Gasteiger partial charge on any atom is 0.251 e. The molecular formula is C23H25N3O2. The van der Waals surface area contributed by atoms with E-state index in [1.54, 1.807) is 7.11 Å². The van der Waals surface area contributed by atoms with E-state index < -0.39 is 0 Å². The molecular weight excluding hydrogens is 350 g/mol. The second-order valence-electron chi connectivity index (χ2n) is 7.63. The molecule has 144 valence electrons. The number of ether oxygens (including phenoxy) is 1. The average Bonchev–Trinajstić information content (AvgIpc) is 2.72. The highest BCUT2D eigenvalue weighted by Crippen LogP contribution is 2.22. The van der Waals surface area contributed by atoms with Gasteiger partial charge in [0.15, 0.2) is 0 Å². The summed E-state index contributed by atoms with van der Waals surface area (Å²) in [6.07, 6.45) is 1.51. The van der Waals surface area contributed by atoms with Gasteiger partial charge in [0.05, 0.1) is 25.0 Å². The van der Waals surface area contributed by atoms with Gasteiger partial charge < -0.3 is 10.1 Å². The lowest BCUT2D eigenvalue weighted by Crippen LogP contribution is -2.23. The first-order chi connectivity index (χ1) is 13.4. The molecule has 5 nitrogen and oxygen atoms in total. The Morgan fingerprint density at radius 2 is 1.68 bits per heavy atom. The maximum atomic E-state index is 12.4. The quantitative estimate of drug-likeness (QED) is 0.719. The second kappa shape index (κ2) is 8.21. The Kier molecular flexibility index (Phi) is 5.73. The number of nitrogens with one attached hydrogen (secondary N) is 1. The molecule has 0 aliphatic rings. The number of carbonyl (C=O) groups is 1. The summed E-state index contributed by atoms with van der Waals surface area (Å²) < 4.78 is 5.18. The van der Waals surface area contributed by atoms with Gasteiger partial charge in [-0.15, -0.1) is 0 Å². The number of benzene rings is 2. The van der Waals surface area contributed by atoms with E-state index in [9.17, 15) is 4.79 Å². The molecule has 0 aliphatic heterocycles. The summed E-state index contributed by atoms with van der Waals surface area (Å²) in [6.45, 7) is 6.79. The average molecular weight is 375 g/mol. The molecule has 0 fully saturated rings. The van der Waals surface area contributed by atoms with E-state index in [1.165, 1.54) is 11.9 Å². The van der Waals surface area contributed by atoms with Gasteiger partial charge in [-0.3, -0.25) is 4.79 Å². The molecule has 1 N–H and O–H groups in total. The van der Waals surface area contributed by atoms with Crippen LogP contribution >= 0.6 is 0 Å². The standard InChI is InChI=1S/C23H25N3O2/c1-23(2,3)18-9-5-17(6-10-18)22(27)24-14-19-13-21(26-15-25-19)16-7-11-20(28-4)12-8-16/h5-13,15H,14H2,1-4H3,(H,24,27). The number of methoxy groups -OCH3 is 1. The number of rotatable bonds is 5. The highest BCUT2D eigenvalue weighted by atomic mass is 16.5. The van der Waals surface area contributed by atoms with Crippen LogP contribution in [0.5, 0.6) is 5.75 Å². The van der Waals surface area contributed by atoms with Crippen LogP contribution in [0.2, 0.25) is 0 Å². The van der Waals surface area contributed by atoms with Gasteiger partial charge in [0.2, 0.25) is 0 Å². The van der Waals surface area contributed by atoms with Crippen molar-refractivity contribution in [2.45, 2.75) is 32.7 Å². The molecule has 0 aliphatic carbocycles. The Morgan fingerprint density at radius 1 is 1.00 bits per heavy atom. The zero-order chi connectivity index (χ0) is 20.1. The molecule has 1 heterocycles. The number of amides is 1. The molecule has 2 aromatic carbocycles. The van der Waals surface area contributed by atoms with E-state index in [0.717, 1.165) is 22.7 Å². The normalized spacial score (nSPS) is 11.1. The predicted octanol–water partition coefficient (Wildman–Crippen LogP) is 4.38. The first kappa shape index (κ1) is 19.5. The van der Waals surface area contributed by atoms with Crippen molar-refractivity contribution < 1.29 is 9.53 Å². The van der Waals surface area contributed by atoms with Crippen LogP contribution in [0.3, 0.4) is 0 Å². The number of carbonyl (C=O) groups excluding carboxylic acids is 1. The molecule has 0 saturated carbocycles.